The molecule has 178 valence electrons. The summed E-state index contributed by atoms with van der Waals surface area (Å²) in [6.45, 7) is 0.305. The quantitative estimate of drug-likeness (QED) is 0.394. The number of hydrogen-bond donors (Lipinski definition) is 1. The van der Waals surface area contributed by atoms with Gasteiger partial charge in [0.1, 0.15) is 12.6 Å². The molecule has 1 aliphatic rings. The SMILES string of the molecule is COC(=O)c1ccccc1CN1C(=O)[C@H](NC(=O)OCc2ccccc2)[C@@H]1C=Cc1ccccc1. The number of methoxy groups -OCH3 is 1. The first-order valence-corrected chi connectivity index (χ1v) is 11.2. The van der Waals surface area contributed by atoms with Crippen molar-refractivity contribution in [3.8, 4) is 0 Å². The Labute approximate surface area is 204 Å². The van der Waals surface area contributed by atoms with Gasteiger partial charge in [-0.1, -0.05) is 91.0 Å². The average Bonchev–Trinajstić information content (AvgIpc) is 2.91. The number of β-lactam (4-membered cyclic amide) rings is 1. The highest BCUT2D eigenvalue weighted by molar-refractivity contribution is 5.94. The third-order valence-corrected chi connectivity index (χ3v) is 5.79. The van der Waals surface area contributed by atoms with Crippen LogP contribution in [0.1, 0.15) is 27.0 Å². The van der Waals surface area contributed by atoms with Crippen molar-refractivity contribution in [2.45, 2.75) is 25.2 Å². The third kappa shape index (κ3) is 5.76. The maximum absolute atomic E-state index is 13.1. The first-order valence-electron chi connectivity index (χ1n) is 11.2. The van der Waals surface area contributed by atoms with E-state index in [0.717, 1.165) is 11.1 Å². The second-order valence-corrected chi connectivity index (χ2v) is 8.06. The van der Waals surface area contributed by atoms with Crippen LogP contribution in [0.4, 0.5) is 4.79 Å². The van der Waals surface area contributed by atoms with Gasteiger partial charge in [0.2, 0.25) is 5.91 Å². The molecule has 1 fully saturated rings. The summed E-state index contributed by atoms with van der Waals surface area (Å²) in [5, 5.41) is 2.69. The summed E-state index contributed by atoms with van der Waals surface area (Å²) in [6, 6.07) is 24.8. The van der Waals surface area contributed by atoms with Gasteiger partial charge in [-0.3, -0.25) is 4.79 Å². The molecule has 4 rings (SSSR count). The second kappa shape index (κ2) is 11.2. The molecular formula is C28H26N2O5. The van der Waals surface area contributed by atoms with Crippen LogP contribution in [-0.4, -0.2) is 42.1 Å². The zero-order valence-electron chi connectivity index (χ0n) is 19.3. The molecule has 1 saturated heterocycles. The molecule has 2 amide bonds. The van der Waals surface area contributed by atoms with Gasteiger partial charge in [-0.15, -0.1) is 0 Å². The summed E-state index contributed by atoms with van der Waals surface area (Å²) < 4.78 is 10.2. The molecule has 3 aromatic carbocycles. The summed E-state index contributed by atoms with van der Waals surface area (Å²) in [7, 11) is 1.32. The van der Waals surface area contributed by atoms with Gasteiger partial charge in [-0.25, -0.2) is 9.59 Å². The largest absolute Gasteiger partial charge is 0.465 e. The number of benzene rings is 3. The van der Waals surface area contributed by atoms with Crippen molar-refractivity contribution in [2.24, 2.45) is 0 Å². The Balaban J connectivity index is 1.50. The maximum Gasteiger partial charge on any atom is 0.408 e. The minimum atomic E-state index is -0.775. The Bertz CT molecular complexity index is 1210. The summed E-state index contributed by atoms with van der Waals surface area (Å²) in [5.74, 6) is -0.729. The zero-order chi connectivity index (χ0) is 24.6. The van der Waals surface area contributed by atoms with Crippen molar-refractivity contribution in [2.75, 3.05) is 7.11 Å². The number of hydrogen-bond acceptors (Lipinski definition) is 5. The van der Waals surface area contributed by atoms with Crippen LogP contribution >= 0.6 is 0 Å². The number of likely N-dealkylation sites (tertiary alicyclic amines) is 1. The smallest absolute Gasteiger partial charge is 0.408 e. The van der Waals surface area contributed by atoms with E-state index in [1.54, 1.807) is 29.2 Å². The number of amides is 2. The number of esters is 1. The summed E-state index contributed by atoms with van der Waals surface area (Å²) in [4.78, 5) is 39.3. The Morgan fingerprint density at radius 3 is 2.31 bits per heavy atom. The van der Waals surface area contributed by atoms with Crippen LogP contribution in [0.2, 0.25) is 0 Å². The van der Waals surface area contributed by atoms with Crippen molar-refractivity contribution in [3.05, 3.63) is 113 Å². The average molecular weight is 471 g/mol. The number of nitrogens with one attached hydrogen (secondary N) is 1. The summed E-state index contributed by atoms with van der Waals surface area (Å²) >= 11 is 0. The molecule has 0 aliphatic carbocycles. The number of alkyl carbamates (subject to hydrolysis) is 1. The Morgan fingerprint density at radius 1 is 0.943 bits per heavy atom. The van der Waals surface area contributed by atoms with Crippen LogP contribution in [-0.2, 0) is 27.4 Å². The van der Waals surface area contributed by atoms with E-state index in [1.807, 2.05) is 72.8 Å². The van der Waals surface area contributed by atoms with Crippen molar-refractivity contribution in [1.82, 2.24) is 10.2 Å². The molecule has 1 heterocycles. The lowest BCUT2D eigenvalue weighted by atomic mass is 9.92. The third-order valence-electron chi connectivity index (χ3n) is 5.79. The van der Waals surface area contributed by atoms with Gasteiger partial charge in [0, 0.05) is 6.54 Å². The molecule has 0 unspecified atom stereocenters. The Kier molecular flexibility index (Phi) is 7.57. The minimum absolute atomic E-state index is 0.105. The van der Waals surface area contributed by atoms with Gasteiger partial charge in [0.15, 0.2) is 0 Å². The summed E-state index contributed by atoms with van der Waals surface area (Å²) in [5.41, 5.74) is 2.87. The van der Waals surface area contributed by atoms with E-state index < -0.39 is 24.1 Å². The highest BCUT2D eigenvalue weighted by Gasteiger charge is 2.47. The second-order valence-electron chi connectivity index (χ2n) is 8.06. The lowest BCUT2D eigenvalue weighted by Gasteiger charge is -2.45. The van der Waals surface area contributed by atoms with Gasteiger partial charge in [0.25, 0.3) is 0 Å². The van der Waals surface area contributed by atoms with Gasteiger partial charge in [0.05, 0.1) is 18.7 Å². The first kappa shape index (κ1) is 23.8. The van der Waals surface area contributed by atoms with Crippen LogP contribution < -0.4 is 5.32 Å². The van der Waals surface area contributed by atoms with E-state index >= 15 is 0 Å². The summed E-state index contributed by atoms with van der Waals surface area (Å²) in [6.07, 6.45) is 3.11. The first-order chi connectivity index (χ1) is 17.1. The standard InChI is InChI=1S/C28H26N2O5/c1-34-27(32)23-15-9-8-14-22(23)18-30-24(17-16-20-10-4-2-5-11-20)25(26(30)31)29-28(33)35-19-21-12-6-3-7-13-21/h2-17,24-25H,18-19H2,1H3,(H,29,33)/t24-,25+/m0/s1. The molecular weight excluding hydrogens is 444 g/mol. The van der Waals surface area contributed by atoms with E-state index in [9.17, 15) is 14.4 Å². The number of ether oxygens (including phenoxy) is 2. The van der Waals surface area contributed by atoms with Crippen molar-refractivity contribution in [1.29, 1.82) is 0 Å². The molecule has 35 heavy (non-hydrogen) atoms. The van der Waals surface area contributed by atoms with Gasteiger partial charge < -0.3 is 19.7 Å². The number of rotatable bonds is 8. The van der Waals surface area contributed by atoms with E-state index in [2.05, 4.69) is 5.32 Å². The molecule has 0 radical (unpaired) electrons. The van der Waals surface area contributed by atoms with Gasteiger partial charge in [-0.2, -0.15) is 0 Å². The molecule has 3 aromatic rings. The number of nitrogens with zero attached hydrogens (tertiary/aromatic N) is 1. The van der Waals surface area contributed by atoms with Crippen molar-refractivity contribution in [3.63, 3.8) is 0 Å². The molecule has 0 bridgehead atoms. The van der Waals surface area contributed by atoms with Crippen LogP contribution in [0.25, 0.3) is 6.08 Å². The molecule has 0 spiro atoms. The highest BCUT2D eigenvalue weighted by atomic mass is 16.5. The fourth-order valence-corrected chi connectivity index (χ4v) is 3.93. The van der Waals surface area contributed by atoms with Crippen LogP contribution in [0.5, 0.6) is 0 Å². The zero-order valence-corrected chi connectivity index (χ0v) is 19.3. The molecule has 0 aromatic heterocycles. The monoisotopic (exact) mass is 470 g/mol. The van der Waals surface area contributed by atoms with Crippen molar-refractivity contribution >= 4 is 24.0 Å². The predicted molar refractivity (Wildman–Crippen MR) is 131 cm³/mol. The molecule has 1 N–H and O–H groups in total. The van der Waals surface area contributed by atoms with Gasteiger partial charge in [-0.05, 0) is 22.8 Å². The predicted octanol–water partition coefficient (Wildman–Crippen LogP) is 4.19. The lowest BCUT2D eigenvalue weighted by Crippen LogP contribution is -2.69. The fourth-order valence-electron chi connectivity index (χ4n) is 3.93. The van der Waals surface area contributed by atoms with Crippen LogP contribution in [0, 0.1) is 0 Å². The molecule has 7 nitrogen and oxygen atoms in total. The molecule has 7 heteroatoms. The molecule has 2 atom stereocenters. The number of carbonyl (C=O) groups is 3. The number of carbonyl (C=O) groups excluding carboxylic acids is 3. The van der Waals surface area contributed by atoms with E-state index in [-0.39, 0.29) is 19.1 Å². The van der Waals surface area contributed by atoms with Crippen molar-refractivity contribution < 1.29 is 23.9 Å². The van der Waals surface area contributed by atoms with E-state index in [0.29, 0.717) is 11.1 Å². The minimum Gasteiger partial charge on any atom is -0.465 e. The highest BCUT2D eigenvalue weighted by Crippen LogP contribution is 2.27. The van der Waals surface area contributed by atoms with E-state index in [1.165, 1.54) is 7.11 Å². The van der Waals surface area contributed by atoms with Crippen LogP contribution in [0.3, 0.4) is 0 Å². The maximum atomic E-state index is 13.1. The van der Waals surface area contributed by atoms with Crippen LogP contribution in [0.15, 0.2) is 91.0 Å². The molecule has 1 aliphatic heterocycles. The fraction of sp³-hybridized carbons (Fsp3) is 0.179. The molecule has 0 saturated carbocycles. The Morgan fingerprint density at radius 2 is 1.60 bits per heavy atom. The lowest BCUT2D eigenvalue weighted by molar-refractivity contribution is -0.149. The van der Waals surface area contributed by atoms with E-state index in [4.69, 9.17) is 9.47 Å². The topological polar surface area (TPSA) is 84.9 Å². The normalized spacial score (nSPS) is 17.1. The Hall–Kier alpha value is -4.39. The van der Waals surface area contributed by atoms with Gasteiger partial charge >= 0.3 is 12.1 Å².